The van der Waals surface area contributed by atoms with Crippen molar-refractivity contribution >= 4 is 39.9 Å². The first-order valence-electron chi connectivity index (χ1n) is 7.47. The summed E-state index contributed by atoms with van der Waals surface area (Å²) in [6, 6.07) is 12.1. The Morgan fingerprint density at radius 2 is 1.83 bits per heavy atom. The standard InChI is InChI=1S/C18H19Cl2NO2/c1-17(11-18(17,19)20)16(22)21(2)10-12-4-5-14-9-15(23-3)7-6-13(14)8-12/h4-9H,10-11H2,1-3H3/t17-/m0/s1. The number of nitrogens with zero attached hydrogens (tertiary/aromatic N) is 1. The van der Waals surface area contributed by atoms with Crippen molar-refractivity contribution in [2.75, 3.05) is 14.2 Å². The monoisotopic (exact) mass is 351 g/mol. The summed E-state index contributed by atoms with van der Waals surface area (Å²) in [6.45, 7) is 2.35. The molecule has 0 unspecified atom stereocenters. The van der Waals surface area contributed by atoms with Crippen molar-refractivity contribution in [2.24, 2.45) is 5.41 Å². The van der Waals surface area contributed by atoms with Crippen molar-refractivity contribution in [3.8, 4) is 5.75 Å². The van der Waals surface area contributed by atoms with Gasteiger partial charge in [0.25, 0.3) is 0 Å². The van der Waals surface area contributed by atoms with Gasteiger partial charge in [0.15, 0.2) is 0 Å². The fourth-order valence-electron chi connectivity index (χ4n) is 2.90. The third-order valence-electron chi connectivity index (χ3n) is 4.61. The van der Waals surface area contributed by atoms with Crippen LogP contribution in [0.4, 0.5) is 0 Å². The van der Waals surface area contributed by atoms with E-state index in [1.54, 1.807) is 19.1 Å². The minimum Gasteiger partial charge on any atom is -0.497 e. The van der Waals surface area contributed by atoms with Crippen molar-refractivity contribution in [1.29, 1.82) is 0 Å². The fraction of sp³-hybridized carbons (Fsp3) is 0.389. The normalized spacial score (nSPS) is 22.0. The van der Waals surface area contributed by atoms with Gasteiger partial charge in [-0.25, -0.2) is 0 Å². The predicted octanol–water partition coefficient (Wildman–Crippen LogP) is 4.39. The van der Waals surface area contributed by atoms with Gasteiger partial charge in [0.05, 0.1) is 12.5 Å². The van der Waals surface area contributed by atoms with Crippen LogP contribution in [0.2, 0.25) is 0 Å². The highest BCUT2D eigenvalue weighted by molar-refractivity contribution is 6.53. The van der Waals surface area contributed by atoms with Gasteiger partial charge in [0, 0.05) is 13.6 Å². The number of halogens is 2. The van der Waals surface area contributed by atoms with Crippen molar-refractivity contribution in [2.45, 2.75) is 24.2 Å². The summed E-state index contributed by atoms with van der Waals surface area (Å²) in [7, 11) is 3.44. The molecular weight excluding hydrogens is 333 g/mol. The van der Waals surface area contributed by atoms with Gasteiger partial charge in [-0.2, -0.15) is 0 Å². The molecule has 0 aromatic heterocycles. The molecule has 3 rings (SSSR count). The van der Waals surface area contributed by atoms with Crippen LogP contribution >= 0.6 is 23.2 Å². The molecule has 5 heteroatoms. The zero-order valence-corrected chi connectivity index (χ0v) is 14.9. The SMILES string of the molecule is COc1ccc2cc(CN(C)C(=O)[C@]3(C)CC3(Cl)Cl)ccc2c1. The van der Waals surface area contributed by atoms with Crippen LogP contribution in [0.1, 0.15) is 18.9 Å². The molecule has 0 radical (unpaired) electrons. The maximum absolute atomic E-state index is 12.5. The van der Waals surface area contributed by atoms with Gasteiger partial charge in [0.2, 0.25) is 5.91 Å². The first kappa shape index (κ1) is 16.4. The number of carbonyl (C=O) groups excluding carboxylic acids is 1. The molecule has 1 saturated carbocycles. The Morgan fingerprint density at radius 1 is 1.22 bits per heavy atom. The van der Waals surface area contributed by atoms with Gasteiger partial charge in [-0.3, -0.25) is 4.79 Å². The van der Waals surface area contributed by atoms with E-state index in [9.17, 15) is 4.79 Å². The van der Waals surface area contributed by atoms with Crippen LogP contribution in [-0.4, -0.2) is 29.3 Å². The average molecular weight is 352 g/mol. The van der Waals surface area contributed by atoms with Crippen LogP contribution in [0.25, 0.3) is 10.8 Å². The predicted molar refractivity (Wildman–Crippen MR) is 94.1 cm³/mol. The molecule has 0 N–H and O–H groups in total. The largest absolute Gasteiger partial charge is 0.497 e. The van der Waals surface area contributed by atoms with Gasteiger partial charge < -0.3 is 9.64 Å². The summed E-state index contributed by atoms with van der Waals surface area (Å²) >= 11 is 12.2. The number of carbonyl (C=O) groups is 1. The quantitative estimate of drug-likeness (QED) is 0.764. The number of fused-ring (bicyclic) bond motifs is 1. The average Bonchev–Trinajstić information content (AvgIpc) is 3.05. The maximum Gasteiger partial charge on any atom is 0.231 e. The molecule has 23 heavy (non-hydrogen) atoms. The molecule has 122 valence electrons. The zero-order valence-electron chi connectivity index (χ0n) is 13.4. The number of amides is 1. The van der Waals surface area contributed by atoms with Gasteiger partial charge >= 0.3 is 0 Å². The van der Waals surface area contributed by atoms with Crippen molar-refractivity contribution in [3.05, 3.63) is 42.0 Å². The molecule has 1 atom stereocenters. The van der Waals surface area contributed by atoms with Crippen LogP contribution in [0.5, 0.6) is 5.75 Å². The lowest BCUT2D eigenvalue weighted by Gasteiger charge is -2.22. The maximum atomic E-state index is 12.5. The number of methoxy groups -OCH3 is 1. The van der Waals surface area contributed by atoms with E-state index in [0.29, 0.717) is 13.0 Å². The smallest absolute Gasteiger partial charge is 0.231 e. The summed E-state index contributed by atoms with van der Waals surface area (Å²) < 4.78 is 4.30. The second kappa shape index (κ2) is 5.57. The lowest BCUT2D eigenvalue weighted by atomic mass is 10.0. The van der Waals surface area contributed by atoms with Gasteiger partial charge in [-0.1, -0.05) is 18.2 Å². The van der Waals surface area contributed by atoms with Crippen molar-refractivity contribution in [3.63, 3.8) is 0 Å². The molecule has 2 aromatic carbocycles. The number of benzene rings is 2. The molecule has 0 heterocycles. The Labute approximate surface area is 146 Å². The summed E-state index contributed by atoms with van der Waals surface area (Å²) in [5.74, 6) is 0.817. The Balaban J connectivity index is 1.77. The molecule has 3 nitrogen and oxygen atoms in total. The van der Waals surface area contributed by atoms with Crippen LogP contribution in [-0.2, 0) is 11.3 Å². The van der Waals surface area contributed by atoms with Gasteiger partial charge in [-0.15, -0.1) is 23.2 Å². The number of alkyl halides is 2. The van der Waals surface area contributed by atoms with Crippen LogP contribution < -0.4 is 4.74 Å². The van der Waals surface area contributed by atoms with E-state index in [0.717, 1.165) is 22.1 Å². The highest BCUT2D eigenvalue weighted by Gasteiger charge is 2.68. The van der Waals surface area contributed by atoms with Crippen LogP contribution in [0.3, 0.4) is 0 Å². The summed E-state index contributed by atoms with van der Waals surface area (Å²) in [4.78, 5) is 14.2. The van der Waals surface area contributed by atoms with E-state index in [1.165, 1.54) is 0 Å². The Hall–Kier alpha value is -1.45. The highest BCUT2D eigenvalue weighted by Crippen LogP contribution is 2.64. The highest BCUT2D eigenvalue weighted by atomic mass is 35.5. The molecule has 1 aliphatic carbocycles. The molecule has 2 aromatic rings. The summed E-state index contributed by atoms with van der Waals surface area (Å²) in [5.41, 5.74) is 0.396. The second-order valence-electron chi connectivity index (χ2n) is 6.42. The van der Waals surface area contributed by atoms with Gasteiger partial charge in [0.1, 0.15) is 10.1 Å². The molecule has 1 amide bonds. The van der Waals surface area contributed by atoms with Crippen molar-refractivity contribution in [1.82, 2.24) is 4.90 Å². The topological polar surface area (TPSA) is 29.5 Å². The lowest BCUT2D eigenvalue weighted by Crippen LogP contribution is -2.34. The van der Waals surface area contributed by atoms with E-state index in [1.807, 2.05) is 37.3 Å². The molecule has 0 spiro atoms. The number of rotatable bonds is 4. The Morgan fingerprint density at radius 3 is 2.43 bits per heavy atom. The molecule has 1 fully saturated rings. The fourth-order valence-corrected chi connectivity index (χ4v) is 3.59. The van der Waals surface area contributed by atoms with Crippen molar-refractivity contribution < 1.29 is 9.53 Å². The zero-order chi connectivity index (χ0) is 16.8. The van der Waals surface area contributed by atoms with E-state index < -0.39 is 9.75 Å². The number of ether oxygens (including phenoxy) is 1. The van der Waals surface area contributed by atoms with E-state index in [2.05, 4.69) is 6.07 Å². The first-order chi connectivity index (χ1) is 10.8. The van der Waals surface area contributed by atoms with E-state index in [4.69, 9.17) is 27.9 Å². The lowest BCUT2D eigenvalue weighted by molar-refractivity contribution is -0.135. The molecule has 0 bridgehead atoms. The van der Waals surface area contributed by atoms with E-state index >= 15 is 0 Å². The minimum absolute atomic E-state index is 0.0164. The number of hydrogen-bond acceptors (Lipinski definition) is 2. The summed E-state index contributed by atoms with van der Waals surface area (Å²) in [5, 5.41) is 2.22. The van der Waals surface area contributed by atoms with Crippen LogP contribution in [0, 0.1) is 5.41 Å². The molecular formula is C18H19Cl2NO2. The molecule has 1 aliphatic rings. The second-order valence-corrected chi connectivity index (χ2v) is 7.91. The minimum atomic E-state index is -0.932. The third-order valence-corrected chi connectivity index (χ3v) is 5.71. The number of hydrogen-bond donors (Lipinski definition) is 0. The van der Waals surface area contributed by atoms with E-state index in [-0.39, 0.29) is 5.91 Å². The third kappa shape index (κ3) is 2.88. The van der Waals surface area contributed by atoms with Crippen LogP contribution in [0.15, 0.2) is 36.4 Å². The molecule has 0 saturated heterocycles. The Kier molecular flexibility index (Phi) is 3.97. The van der Waals surface area contributed by atoms with Gasteiger partial charge in [-0.05, 0) is 47.9 Å². The first-order valence-corrected chi connectivity index (χ1v) is 8.22. The molecule has 0 aliphatic heterocycles. The Bertz CT molecular complexity index is 775. The summed E-state index contributed by atoms with van der Waals surface area (Å²) in [6.07, 6.45) is 0.504.